The summed E-state index contributed by atoms with van der Waals surface area (Å²) in [5.41, 5.74) is 0.360. The summed E-state index contributed by atoms with van der Waals surface area (Å²) >= 11 is 0. The van der Waals surface area contributed by atoms with Crippen LogP contribution in [0.4, 0.5) is 0 Å². The Hall–Kier alpha value is -2.23. The van der Waals surface area contributed by atoms with Crippen LogP contribution in [0.2, 0.25) is 0 Å². The molecule has 9 heteroatoms. The lowest BCUT2D eigenvalue weighted by atomic mass is 10.2. The topological polar surface area (TPSA) is 93.5 Å². The van der Waals surface area contributed by atoms with Crippen LogP contribution in [0.5, 0.6) is 0 Å². The number of amides is 1. The van der Waals surface area contributed by atoms with Crippen LogP contribution in [0.25, 0.3) is 0 Å². The Morgan fingerprint density at radius 2 is 2.27 bits per heavy atom. The molecule has 1 aliphatic heterocycles. The number of carbonyl (C=O) groups is 1. The van der Waals surface area contributed by atoms with Crippen LogP contribution in [0.1, 0.15) is 16.8 Å². The molecule has 1 aliphatic rings. The van der Waals surface area contributed by atoms with E-state index in [1.165, 1.54) is 12.1 Å². The van der Waals surface area contributed by atoms with Gasteiger partial charge in [0.1, 0.15) is 0 Å². The minimum Gasteiger partial charge on any atom is -0.380 e. The number of sulfonamides is 1. The van der Waals surface area contributed by atoms with E-state index in [-0.39, 0.29) is 23.5 Å². The minimum absolute atomic E-state index is 0.0377. The van der Waals surface area contributed by atoms with E-state index in [1.807, 2.05) is 0 Å². The number of carbonyl (C=O) groups excluding carboxylic acids is 1. The fourth-order valence-electron chi connectivity index (χ4n) is 2.90. The molecule has 1 aromatic heterocycles. The fourth-order valence-corrected chi connectivity index (χ4v) is 3.96. The summed E-state index contributed by atoms with van der Waals surface area (Å²) in [5.74, 6) is -0.181. The molecule has 140 valence electrons. The molecule has 0 bridgehead atoms. The Bertz CT molecular complexity index is 851. The van der Waals surface area contributed by atoms with Gasteiger partial charge in [0.2, 0.25) is 10.0 Å². The number of likely N-dealkylation sites (tertiary alicyclic amines) is 1. The third-order valence-electron chi connectivity index (χ3n) is 4.38. The second kappa shape index (κ2) is 7.98. The molecule has 1 N–H and O–H groups in total. The van der Waals surface area contributed by atoms with Crippen molar-refractivity contribution in [3.8, 4) is 0 Å². The number of ether oxygens (including phenoxy) is 1. The zero-order chi connectivity index (χ0) is 18.6. The summed E-state index contributed by atoms with van der Waals surface area (Å²) in [5, 5.41) is 0. The number of nitrogens with one attached hydrogen (secondary N) is 1. The van der Waals surface area contributed by atoms with Gasteiger partial charge in [-0.05, 0) is 24.6 Å². The first-order valence-corrected chi connectivity index (χ1v) is 9.85. The maximum Gasteiger partial charge on any atom is 0.253 e. The monoisotopic (exact) mass is 378 g/mol. The third kappa shape index (κ3) is 4.29. The van der Waals surface area contributed by atoms with Crippen LogP contribution >= 0.6 is 0 Å². The lowest BCUT2D eigenvalue weighted by molar-refractivity contribution is 0.0724. The van der Waals surface area contributed by atoms with Gasteiger partial charge in [-0.15, -0.1) is 0 Å². The molecular formula is C17H22N4O4S. The molecule has 1 atom stereocenters. The quantitative estimate of drug-likeness (QED) is 0.766. The van der Waals surface area contributed by atoms with Crippen molar-refractivity contribution in [2.24, 2.45) is 0 Å². The molecule has 0 radical (unpaired) electrons. The maximum atomic E-state index is 12.6. The summed E-state index contributed by atoms with van der Waals surface area (Å²) in [6, 6.07) is 6.12. The van der Waals surface area contributed by atoms with Gasteiger partial charge in [0.15, 0.2) is 0 Å². The average Bonchev–Trinajstić information content (AvgIpc) is 3.33. The van der Waals surface area contributed by atoms with Crippen LogP contribution in [0, 0.1) is 0 Å². The standard InChI is InChI=1S/C17H22N4O4S/c1-25-15-5-8-21(12-15)17(22)14-3-2-4-16(11-14)26(23,24)19-7-10-20-9-6-18-13-20/h2-4,6,9,11,13,15,19H,5,7-8,10,12H2,1H3. The van der Waals surface area contributed by atoms with Crippen LogP contribution < -0.4 is 4.72 Å². The zero-order valence-corrected chi connectivity index (χ0v) is 15.4. The fraction of sp³-hybridized carbons (Fsp3) is 0.412. The molecule has 2 aromatic rings. The molecular weight excluding hydrogens is 356 g/mol. The van der Waals surface area contributed by atoms with Gasteiger partial charge in [-0.25, -0.2) is 18.1 Å². The molecule has 8 nitrogen and oxygen atoms in total. The van der Waals surface area contributed by atoms with E-state index >= 15 is 0 Å². The van der Waals surface area contributed by atoms with Crippen LogP contribution in [-0.4, -0.2) is 61.6 Å². The van der Waals surface area contributed by atoms with Crippen molar-refractivity contribution in [3.63, 3.8) is 0 Å². The maximum absolute atomic E-state index is 12.6. The molecule has 0 spiro atoms. The Balaban J connectivity index is 1.66. The van der Waals surface area contributed by atoms with Crippen molar-refractivity contribution in [2.45, 2.75) is 24.0 Å². The van der Waals surface area contributed by atoms with Gasteiger partial charge in [-0.2, -0.15) is 0 Å². The molecule has 1 fully saturated rings. The molecule has 3 rings (SSSR count). The summed E-state index contributed by atoms with van der Waals surface area (Å²) in [4.78, 5) is 18.3. The second-order valence-corrected chi connectivity index (χ2v) is 7.89. The molecule has 2 heterocycles. The number of nitrogens with zero attached hydrogens (tertiary/aromatic N) is 3. The number of hydrogen-bond donors (Lipinski definition) is 1. The predicted molar refractivity (Wildman–Crippen MR) is 95.2 cm³/mol. The second-order valence-electron chi connectivity index (χ2n) is 6.12. The number of aromatic nitrogens is 2. The Labute approximate surface area is 152 Å². The van der Waals surface area contributed by atoms with Gasteiger partial charge < -0.3 is 14.2 Å². The van der Waals surface area contributed by atoms with Crippen molar-refractivity contribution in [3.05, 3.63) is 48.5 Å². The third-order valence-corrected chi connectivity index (χ3v) is 5.84. The molecule has 1 saturated heterocycles. The van der Waals surface area contributed by atoms with E-state index in [0.29, 0.717) is 25.2 Å². The summed E-state index contributed by atoms with van der Waals surface area (Å²) < 4.78 is 34.5. The van der Waals surface area contributed by atoms with Crippen molar-refractivity contribution < 1.29 is 17.9 Å². The number of benzene rings is 1. The first-order chi connectivity index (χ1) is 12.5. The van der Waals surface area contributed by atoms with Crippen LogP contribution in [-0.2, 0) is 21.3 Å². The molecule has 1 unspecified atom stereocenters. The van der Waals surface area contributed by atoms with Gasteiger partial charge in [-0.3, -0.25) is 4.79 Å². The highest BCUT2D eigenvalue weighted by atomic mass is 32.2. The summed E-state index contributed by atoms with van der Waals surface area (Å²) in [6.45, 7) is 1.84. The van der Waals surface area contributed by atoms with E-state index in [2.05, 4.69) is 9.71 Å². The summed E-state index contributed by atoms with van der Waals surface area (Å²) in [7, 11) is -2.06. The van der Waals surface area contributed by atoms with Gasteiger partial charge in [0, 0.05) is 51.2 Å². The highest BCUT2D eigenvalue weighted by Gasteiger charge is 2.27. The molecule has 0 aliphatic carbocycles. The van der Waals surface area contributed by atoms with Gasteiger partial charge >= 0.3 is 0 Å². The SMILES string of the molecule is COC1CCN(C(=O)c2cccc(S(=O)(=O)NCCn3ccnc3)c2)C1. The van der Waals surface area contributed by atoms with E-state index in [9.17, 15) is 13.2 Å². The number of methoxy groups -OCH3 is 1. The highest BCUT2D eigenvalue weighted by molar-refractivity contribution is 7.89. The number of imidazole rings is 1. The van der Waals surface area contributed by atoms with E-state index in [1.54, 1.807) is 47.4 Å². The number of hydrogen-bond acceptors (Lipinski definition) is 5. The first kappa shape index (κ1) is 18.6. The largest absolute Gasteiger partial charge is 0.380 e. The number of rotatable bonds is 7. The predicted octanol–water partition coefficient (Wildman–Crippen LogP) is 0.723. The molecule has 1 aromatic carbocycles. The summed E-state index contributed by atoms with van der Waals surface area (Å²) in [6.07, 6.45) is 5.84. The Morgan fingerprint density at radius 3 is 2.96 bits per heavy atom. The van der Waals surface area contributed by atoms with Crippen LogP contribution in [0.3, 0.4) is 0 Å². The smallest absolute Gasteiger partial charge is 0.253 e. The molecule has 1 amide bonds. The minimum atomic E-state index is -3.69. The van der Waals surface area contributed by atoms with Crippen LogP contribution in [0.15, 0.2) is 47.9 Å². The van der Waals surface area contributed by atoms with E-state index in [4.69, 9.17) is 4.74 Å². The van der Waals surface area contributed by atoms with Crippen molar-refractivity contribution >= 4 is 15.9 Å². The Morgan fingerprint density at radius 1 is 1.42 bits per heavy atom. The highest BCUT2D eigenvalue weighted by Crippen LogP contribution is 2.18. The molecule has 0 saturated carbocycles. The van der Waals surface area contributed by atoms with E-state index in [0.717, 1.165) is 6.42 Å². The van der Waals surface area contributed by atoms with Crippen molar-refractivity contribution in [1.29, 1.82) is 0 Å². The Kier molecular flexibility index (Phi) is 5.70. The van der Waals surface area contributed by atoms with Gasteiger partial charge in [0.25, 0.3) is 5.91 Å². The lowest BCUT2D eigenvalue weighted by Gasteiger charge is -2.16. The average molecular weight is 378 g/mol. The first-order valence-electron chi connectivity index (χ1n) is 8.37. The van der Waals surface area contributed by atoms with Gasteiger partial charge in [-0.1, -0.05) is 6.07 Å². The van der Waals surface area contributed by atoms with Crippen molar-refractivity contribution in [1.82, 2.24) is 19.2 Å². The van der Waals surface area contributed by atoms with Crippen molar-refractivity contribution in [2.75, 3.05) is 26.7 Å². The molecule has 26 heavy (non-hydrogen) atoms. The lowest BCUT2D eigenvalue weighted by Crippen LogP contribution is -2.30. The van der Waals surface area contributed by atoms with Gasteiger partial charge in [0.05, 0.1) is 17.3 Å². The normalized spacial score (nSPS) is 17.6. The zero-order valence-electron chi connectivity index (χ0n) is 14.5. The van der Waals surface area contributed by atoms with E-state index < -0.39 is 10.0 Å².